The van der Waals surface area contributed by atoms with E-state index in [9.17, 15) is 23.5 Å². The number of aliphatic hydroxyl groups excluding tert-OH is 1. The lowest BCUT2D eigenvalue weighted by atomic mass is 9.73. The molecular formula is C26H27F2N3O3. The molecule has 0 radical (unpaired) electrons. The number of hydrogen-bond acceptors (Lipinski definition) is 3. The summed E-state index contributed by atoms with van der Waals surface area (Å²) in [5.41, 5.74) is 1.55. The van der Waals surface area contributed by atoms with Gasteiger partial charge in [0.15, 0.2) is 0 Å². The Morgan fingerprint density at radius 3 is 2.62 bits per heavy atom. The molecule has 3 amide bonds. The van der Waals surface area contributed by atoms with Gasteiger partial charge < -0.3 is 20.2 Å². The van der Waals surface area contributed by atoms with E-state index in [4.69, 9.17) is 0 Å². The molecule has 6 nitrogen and oxygen atoms in total. The Morgan fingerprint density at radius 2 is 1.94 bits per heavy atom. The molecule has 2 aliphatic heterocycles. The second kappa shape index (κ2) is 9.82. The summed E-state index contributed by atoms with van der Waals surface area (Å²) in [6.45, 7) is 4.04. The van der Waals surface area contributed by atoms with Crippen molar-refractivity contribution in [3.05, 3.63) is 65.2 Å². The van der Waals surface area contributed by atoms with E-state index in [1.54, 1.807) is 4.90 Å². The fourth-order valence-corrected chi connectivity index (χ4v) is 4.59. The van der Waals surface area contributed by atoms with Crippen molar-refractivity contribution in [3.63, 3.8) is 0 Å². The summed E-state index contributed by atoms with van der Waals surface area (Å²) < 4.78 is 27.4. The molecule has 4 rings (SSSR count). The molecule has 0 unspecified atom stereocenters. The van der Waals surface area contributed by atoms with E-state index in [-0.39, 0.29) is 49.3 Å². The Kier molecular flexibility index (Phi) is 6.85. The maximum Gasteiger partial charge on any atom is 0.322 e. The predicted molar refractivity (Wildman–Crippen MR) is 124 cm³/mol. The molecule has 2 saturated heterocycles. The maximum atomic E-state index is 13.9. The molecule has 2 aliphatic rings. The molecule has 0 aromatic heterocycles. The van der Waals surface area contributed by atoms with Gasteiger partial charge >= 0.3 is 6.03 Å². The number of nitrogens with one attached hydrogen (secondary N) is 1. The van der Waals surface area contributed by atoms with Crippen molar-refractivity contribution >= 4 is 17.6 Å². The highest BCUT2D eigenvalue weighted by Crippen LogP contribution is 2.43. The van der Waals surface area contributed by atoms with Crippen molar-refractivity contribution in [1.82, 2.24) is 9.80 Å². The first-order valence-electron chi connectivity index (χ1n) is 11.3. The van der Waals surface area contributed by atoms with E-state index in [1.807, 2.05) is 24.3 Å². The molecule has 2 N–H and O–H groups in total. The Labute approximate surface area is 197 Å². The van der Waals surface area contributed by atoms with Gasteiger partial charge in [-0.3, -0.25) is 4.79 Å². The van der Waals surface area contributed by atoms with Crippen molar-refractivity contribution in [2.45, 2.75) is 38.3 Å². The highest BCUT2D eigenvalue weighted by Gasteiger charge is 2.54. The van der Waals surface area contributed by atoms with E-state index in [0.29, 0.717) is 5.92 Å². The molecule has 0 aliphatic carbocycles. The van der Waals surface area contributed by atoms with Crippen molar-refractivity contribution in [2.75, 3.05) is 25.0 Å². The van der Waals surface area contributed by atoms with Crippen LogP contribution in [0.1, 0.15) is 37.3 Å². The summed E-state index contributed by atoms with van der Waals surface area (Å²) in [4.78, 5) is 28.4. The molecule has 8 heteroatoms. The molecule has 178 valence electrons. The van der Waals surface area contributed by atoms with E-state index in [0.717, 1.165) is 35.7 Å². The fraction of sp³-hybridized carbons (Fsp3) is 0.385. The number of nitrogens with zero attached hydrogens (tertiary/aromatic N) is 2. The van der Waals surface area contributed by atoms with Crippen LogP contribution in [0.15, 0.2) is 42.5 Å². The average Bonchev–Trinajstić information content (AvgIpc) is 2.78. The summed E-state index contributed by atoms with van der Waals surface area (Å²) in [7, 11) is 0. The van der Waals surface area contributed by atoms with E-state index in [1.165, 1.54) is 4.90 Å². The number of halogens is 2. The molecule has 34 heavy (non-hydrogen) atoms. The summed E-state index contributed by atoms with van der Waals surface area (Å²) in [6, 6.07) is 9.13. The van der Waals surface area contributed by atoms with Gasteiger partial charge in [-0.15, -0.1) is 0 Å². The third kappa shape index (κ3) is 4.75. The van der Waals surface area contributed by atoms with Crippen LogP contribution in [0.5, 0.6) is 0 Å². The van der Waals surface area contributed by atoms with Crippen molar-refractivity contribution < 1.29 is 23.5 Å². The number of benzene rings is 2. The number of anilines is 1. The lowest BCUT2D eigenvalue weighted by Gasteiger charge is -2.58. The van der Waals surface area contributed by atoms with Crippen molar-refractivity contribution in [3.8, 4) is 11.8 Å². The second-order valence-corrected chi connectivity index (χ2v) is 9.10. The fourth-order valence-electron chi connectivity index (χ4n) is 4.59. The standard InChI is InChI=1S/C26H27F2N3O3/c1-16(2)4-3-5-17-6-8-18(9-7-17)25-22-13-30(14-24(33)31(22)23(25)15-32)26(34)29-21-12-19(27)10-11-20(21)28/h6-12,16,22-23,25,32H,4,13-15H2,1-2H3,(H,29,34)/t22-,23+,25-/m0/s1. The number of hydrogen-bond donors (Lipinski definition) is 2. The van der Waals surface area contributed by atoms with Crippen LogP contribution in [0.4, 0.5) is 19.3 Å². The van der Waals surface area contributed by atoms with Crippen molar-refractivity contribution in [1.29, 1.82) is 0 Å². The summed E-state index contributed by atoms with van der Waals surface area (Å²) in [6.07, 6.45) is 0.813. The predicted octanol–water partition coefficient (Wildman–Crippen LogP) is 3.57. The number of rotatable bonds is 4. The third-order valence-corrected chi connectivity index (χ3v) is 6.25. The number of carbonyl (C=O) groups is 2. The van der Waals surface area contributed by atoms with Crippen LogP contribution in [0.2, 0.25) is 0 Å². The van der Waals surface area contributed by atoms with Crippen LogP contribution in [0, 0.1) is 29.4 Å². The van der Waals surface area contributed by atoms with Gasteiger partial charge in [0.25, 0.3) is 0 Å². The molecular weight excluding hydrogens is 440 g/mol. The zero-order chi connectivity index (χ0) is 24.4. The first-order valence-corrected chi connectivity index (χ1v) is 11.3. The molecule has 2 heterocycles. The molecule has 3 atom stereocenters. The third-order valence-electron chi connectivity index (χ3n) is 6.25. The van der Waals surface area contributed by atoms with Gasteiger partial charge in [-0.1, -0.05) is 37.8 Å². The lowest BCUT2D eigenvalue weighted by Crippen LogP contribution is -2.73. The minimum atomic E-state index is -0.766. The summed E-state index contributed by atoms with van der Waals surface area (Å²) >= 11 is 0. The number of urea groups is 1. The zero-order valence-corrected chi connectivity index (χ0v) is 19.1. The van der Waals surface area contributed by atoms with Crippen molar-refractivity contribution in [2.24, 2.45) is 5.92 Å². The van der Waals surface area contributed by atoms with Gasteiger partial charge in [0, 0.05) is 30.5 Å². The van der Waals surface area contributed by atoms with E-state index < -0.39 is 17.7 Å². The number of piperazine rings is 1. The highest BCUT2D eigenvalue weighted by atomic mass is 19.1. The highest BCUT2D eigenvalue weighted by molar-refractivity contribution is 5.94. The largest absolute Gasteiger partial charge is 0.394 e. The summed E-state index contributed by atoms with van der Waals surface area (Å²) in [5, 5.41) is 12.3. The normalized spacial score (nSPS) is 21.5. The molecule has 0 spiro atoms. The average molecular weight is 468 g/mol. The number of fused-ring (bicyclic) bond motifs is 1. The van der Waals surface area contributed by atoms with Crippen LogP contribution < -0.4 is 5.32 Å². The molecule has 0 bridgehead atoms. The number of carbonyl (C=O) groups excluding carboxylic acids is 2. The second-order valence-electron chi connectivity index (χ2n) is 9.10. The molecule has 2 aromatic carbocycles. The van der Waals surface area contributed by atoms with Crippen LogP contribution in [-0.2, 0) is 4.79 Å². The smallest absolute Gasteiger partial charge is 0.322 e. The van der Waals surface area contributed by atoms with Gasteiger partial charge in [0.1, 0.15) is 18.2 Å². The zero-order valence-electron chi connectivity index (χ0n) is 19.1. The Hall–Kier alpha value is -3.44. The van der Waals surface area contributed by atoms with E-state index >= 15 is 0 Å². The Bertz CT molecular complexity index is 1140. The Morgan fingerprint density at radius 1 is 1.21 bits per heavy atom. The lowest BCUT2D eigenvalue weighted by molar-refractivity contribution is -0.159. The first-order chi connectivity index (χ1) is 16.3. The SMILES string of the molecule is CC(C)CC#Cc1ccc([C@@H]2[C@@H](CO)N3C(=O)CN(C(=O)Nc4cc(F)ccc4F)C[C@@H]23)cc1. The van der Waals surface area contributed by atoms with Crippen LogP contribution in [0.3, 0.4) is 0 Å². The minimum Gasteiger partial charge on any atom is -0.394 e. The molecule has 2 aromatic rings. The first kappa shape index (κ1) is 23.7. The van der Waals surface area contributed by atoms with Crippen LogP contribution in [-0.4, -0.2) is 58.6 Å². The maximum absolute atomic E-state index is 13.9. The van der Waals surface area contributed by atoms with Gasteiger partial charge in [-0.2, -0.15) is 0 Å². The summed E-state index contributed by atoms with van der Waals surface area (Å²) in [5.74, 6) is 4.89. The topological polar surface area (TPSA) is 72.9 Å². The Balaban J connectivity index is 1.49. The van der Waals surface area contributed by atoms with Gasteiger partial charge in [-0.25, -0.2) is 13.6 Å². The minimum absolute atomic E-state index is 0.159. The van der Waals surface area contributed by atoms with E-state index in [2.05, 4.69) is 31.0 Å². The van der Waals surface area contributed by atoms with Crippen LogP contribution in [0.25, 0.3) is 0 Å². The van der Waals surface area contributed by atoms with Gasteiger partial charge in [0.05, 0.1) is 24.4 Å². The monoisotopic (exact) mass is 467 g/mol. The van der Waals surface area contributed by atoms with Gasteiger partial charge in [-0.05, 0) is 35.7 Å². The quantitative estimate of drug-likeness (QED) is 0.676. The molecule has 2 fully saturated rings. The molecule has 0 saturated carbocycles. The number of amides is 3. The van der Waals surface area contributed by atoms with Crippen LogP contribution >= 0.6 is 0 Å². The van der Waals surface area contributed by atoms with Gasteiger partial charge in [0.2, 0.25) is 5.91 Å². The number of aliphatic hydroxyl groups is 1.